The van der Waals surface area contributed by atoms with Gasteiger partial charge >= 0.3 is 6.18 Å². The molecular weight excluding hydrogens is 321 g/mol. The monoisotopic (exact) mass is 334 g/mol. The van der Waals surface area contributed by atoms with E-state index in [0.717, 1.165) is 34.8 Å². The van der Waals surface area contributed by atoms with E-state index in [-0.39, 0.29) is 6.61 Å². The summed E-state index contributed by atoms with van der Waals surface area (Å²) < 4.78 is 38.6. The molecule has 1 aliphatic carbocycles. The molecule has 2 aromatic carbocycles. The molecule has 118 valence electrons. The maximum absolute atomic E-state index is 12.9. The lowest BCUT2D eigenvalue weighted by Gasteiger charge is -2.20. The van der Waals surface area contributed by atoms with Gasteiger partial charge < -0.3 is 5.11 Å². The molecule has 1 heterocycles. The van der Waals surface area contributed by atoms with E-state index in [9.17, 15) is 18.3 Å². The lowest BCUT2D eigenvalue weighted by atomic mass is 9.99. The van der Waals surface area contributed by atoms with Crippen LogP contribution < -0.4 is 0 Å². The van der Waals surface area contributed by atoms with E-state index < -0.39 is 11.7 Å². The molecule has 0 bridgehead atoms. The van der Waals surface area contributed by atoms with Gasteiger partial charge in [-0.15, -0.1) is 11.8 Å². The Morgan fingerprint density at radius 2 is 1.83 bits per heavy atom. The average Bonchev–Trinajstić information content (AvgIpc) is 2.91. The normalized spacial score (nSPS) is 16.2. The predicted octanol–water partition coefficient (Wildman–Crippen LogP) is 4.77. The van der Waals surface area contributed by atoms with Crippen LogP contribution in [0.2, 0.25) is 0 Å². The van der Waals surface area contributed by atoms with Gasteiger partial charge in [0.05, 0.1) is 12.2 Å². The molecule has 0 saturated heterocycles. The minimum atomic E-state index is -4.31. The maximum Gasteiger partial charge on any atom is 0.416 e. The first kappa shape index (κ1) is 14.8. The first-order valence-corrected chi connectivity index (χ1v) is 8.25. The van der Waals surface area contributed by atoms with Crippen LogP contribution in [-0.4, -0.2) is 10.9 Å². The van der Waals surface area contributed by atoms with Gasteiger partial charge in [-0.1, -0.05) is 18.2 Å². The number of aliphatic hydroxyl groups is 1. The first-order chi connectivity index (χ1) is 11.0. The molecule has 2 aromatic rings. The minimum absolute atomic E-state index is 0.00539. The molecule has 0 atom stereocenters. The van der Waals surface area contributed by atoms with Crippen LogP contribution in [0.25, 0.3) is 11.1 Å². The molecule has 0 aromatic heterocycles. The Kier molecular flexibility index (Phi) is 3.32. The third-order valence-corrected chi connectivity index (χ3v) is 5.50. The van der Waals surface area contributed by atoms with Gasteiger partial charge in [-0.2, -0.15) is 13.2 Å². The van der Waals surface area contributed by atoms with Crippen LogP contribution >= 0.6 is 11.8 Å². The van der Waals surface area contributed by atoms with Crippen molar-refractivity contribution in [3.63, 3.8) is 0 Å². The van der Waals surface area contributed by atoms with Crippen molar-refractivity contribution >= 4 is 22.9 Å². The summed E-state index contributed by atoms with van der Waals surface area (Å²) in [7, 11) is 0. The number of allylic oxidation sites excluding steroid dienone is 1. The van der Waals surface area contributed by atoms with E-state index in [1.807, 2.05) is 18.2 Å². The number of benzene rings is 2. The van der Waals surface area contributed by atoms with Crippen molar-refractivity contribution in [2.45, 2.75) is 24.1 Å². The standard InChI is InChI=1S/C18H13F3OS/c19-18(20,21)12-3-4-13-15-6-11-2-1-10(8-22)5-14(11)16(15)9-23-17(13)7-12/h1-5,7,22H,6,8-9H2. The summed E-state index contributed by atoms with van der Waals surface area (Å²) >= 11 is 1.45. The second-order valence-corrected chi connectivity index (χ2v) is 6.80. The number of rotatable bonds is 1. The number of fused-ring (bicyclic) bond motifs is 4. The molecule has 1 N–H and O–H groups in total. The van der Waals surface area contributed by atoms with Crippen LogP contribution in [0.1, 0.15) is 27.8 Å². The van der Waals surface area contributed by atoms with Gasteiger partial charge in [-0.3, -0.25) is 0 Å². The average molecular weight is 334 g/mol. The summed E-state index contributed by atoms with van der Waals surface area (Å²) in [6.07, 6.45) is -3.56. The first-order valence-electron chi connectivity index (χ1n) is 7.27. The molecule has 23 heavy (non-hydrogen) atoms. The minimum Gasteiger partial charge on any atom is -0.392 e. The Hall–Kier alpha value is -1.72. The summed E-state index contributed by atoms with van der Waals surface area (Å²) in [6, 6.07) is 9.92. The summed E-state index contributed by atoms with van der Waals surface area (Å²) in [5, 5.41) is 9.30. The van der Waals surface area contributed by atoms with Crippen molar-refractivity contribution in [1.82, 2.24) is 0 Å². The lowest BCUT2D eigenvalue weighted by molar-refractivity contribution is -0.137. The molecule has 0 radical (unpaired) electrons. The van der Waals surface area contributed by atoms with Crippen LogP contribution in [0, 0.1) is 0 Å². The van der Waals surface area contributed by atoms with Gasteiger partial charge in [0.25, 0.3) is 0 Å². The molecule has 0 saturated carbocycles. The number of aliphatic hydroxyl groups excluding tert-OH is 1. The summed E-state index contributed by atoms with van der Waals surface area (Å²) in [4.78, 5) is 0.703. The largest absolute Gasteiger partial charge is 0.416 e. The lowest BCUT2D eigenvalue weighted by Crippen LogP contribution is -2.07. The van der Waals surface area contributed by atoms with Crippen molar-refractivity contribution in [3.05, 3.63) is 64.2 Å². The fourth-order valence-electron chi connectivity index (χ4n) is 3.26. The molecule has 1 nitrogen and oxygen atoms in total. The van der Waals surface area contributed by atoms with Gasteiger partial charge in [-0.05, 0) is 58.0 Å². The third kappa shape index (κ3) is 2.39. The van der Waals surface area contributed by atoms with Crippen molar-refractivity contribution in [2.75, 3.05) is 5.75 Å². The zero-order valence-electron chi connectivity index (χ0n) is 12.1. The van der Waals surface area contributed by atoms with Gasteiger partial charge in [0.2, 0.25) is 0 Å². The van der Waals surface area contributed by atoms with Crippen LogP contribution in [0.5, 0.6) is 0 Å². The highest BCUT2D eigenvalue weighted by atomic mass is 32.2. The number of hydrogen-bond donors (Lipinski definition) is 1. The smallest absolute Gasteiger partial charge is 0.392 e. The van der Waals surface area contributed by atoms with Gasteiger partial charge in [0.15, 0.2) is 0 Å². The Labute approximate surface area is 135 Å². The zero-order chi connectivity index (χ0) is 16.2. The fourth-order valence-corrected chi connectivity index (χ4v) is 4.44. The molecule has 0 spiro atoms. The number of thioether (sulfide) groups is 1. The van der Waals surface area contributed by atoms with Crippen molar-refractivity contribution in [2.24, 2.45) is 0 Å². The molecule has 2 aliphatic rings. The molecule has 1 aliphatic heterocycles. The third-order valence-electron chi connectivity index (χ3n) is 4.42. The Balaban J connectivity index is 1.80. The van der Waals surface area contributed by atoms with E-state index in [4.69, 9.17) is 0 Å². The van der Waals surface area contributed by atoms with Gasteiger partial charge in [0, 0.05) is 10.6 Å². The van der Waals surface area contributed by atoms with E-state index in [1.165, 1.54) is 29.0 Å². The van der Waals surface area contributed by atoms with Gasteiger partial charge in [0.1, 0.15) is 0 Å². The highest BCUT2D eigenvalue weighted by molar-refractivity contribution is 7.99. The van der Waals surface area contributed by atoms with Crippen LogP contribution in [0.4, 0.5) is 13.2 Å². The fraction of sp³-hybridized carbons (Fsp3) is 0.222. The summed E-state index contributed by atoms with van der Waals surface area (Å²) in [6.45, 7) is -0.00539. The Bertz CT molecular complexity index is 837. The van der Waals surface area contributed by atoms with Gasteiger partial charge in [-0.25, -0.2) is 0 Å². The van der Waals surface area contributed by atoms with Crippen LogP contribution in [0.15, 0.2) is 41.3 Å². The molecule has 0 amide bonds. The second-order valence-electron chi connectivity index (χ2n) is 5.78. The van der Waals surface area contributed by atoms with Crippen molar-refractivity contribution in [3.8, 4) is 0 Å². The highest BCUT2D eigenvalue weighted by Crippen LogP contribution is 2.48. The molecule has 0 unspecified atom stereocenters. The topological polar surface area (TPSA) is 20.2 Å². The Morgan fingerprint density at radius 3 is 2.57 bits per heavy atom. The summed E-state index contributed by atoms with van der Waals surface area (Å²) in [5.74, 6) is 0.672. The van der Waals surface area contributed by atoms with Crippen molar-refractivity contribution in [1.29, 1.82) is 0 Å². The highest BCUT2D eigenvalue weighted by Gasteiger charge is 2.33. The van der Waals surface area contributed by atoms with Crippen molar-refractivity contribution < 1.29 is 18.3 Å². The Morgan fingerprint density at radius 1 is 1.00 bits per heavy atom. The summed E-state index contributed by atoms with van der Waals surface area (Å²) in [5.41, 5.74) is 5.80. The van der Waals surface area contributed by atoms with E-state index in [2.05, 4.69) is 0 Å². The van der Waals surface area contributed by atoms with E-state index in [1.54, 1.807) is 6.07 Å². The number of hydrogen-bond acceptors (Lipinski definition) is 2. The van der Waals surface area contributed by atoms with E-state index >= 15 is 0 Å². The number of alkyl halides is 3. The van der Waals surface area contributed by atoms with Crippen LogP contribution in [-0.2, 0) is 19.2 Å². The molecule has 0 fully saturated rings. The molecule has 4 rings (SSSR count). The molecular formula is C18H13F3OS. The SMILES string of the molecule is OCc1ccc2c(c1)C1=C(C2)c2ccc(C(F)(F)F)cc2SC1. The number of halogens is 3. The van der Waals surface area contributed by atoms with Crippen LogP contribution in [0.3, 0.4) is 0 Å². The quantitative estimate of drug-likeness (QED) is 0.811. The second kappa shape index (κ2) is 5.14. The zero-order valence-corrected chi connectivity index (χ0v) is 12.9. The predicted molar refractivity (Wildman–Crippen MR) is 85.1 cm³/mol. The maximum atomic E-state index is 12.9. The van der Waals surface area contributed by atoms with E-state index in [0.29, 0.717) is 10.6 Å². The molecule has 5 heteroatoms.